The van der Waals surface area contributed by atoms with Crippen LogP contribution in [0.2, 0.25) is 0 Å². The third-order valence-electron chi connectivity index (χ3n) is 6.35. The van der Waals surface area contributed by atoms with E-state index in [4.69, 9.17) is 9.47 Å². The van der Waals surface area contributed by atoms with Crippen LogP contribution in [0.4, 0.5) is 10.1 Å². The summed E-state index contributed by atoms with van der Waals surface area (Å²) in [6, 6.07) is 12.7. The quantitative estimate of drug-likeness (QED) is 0.733. The molecular formula is C24H30FN3O3. The number of benzene rings is 2. The lowest BCUT2D eigenvalue weighted by molar-refractivity contribution is 0.0557. The molecule has 2 aliphatic heterocycles. The number of carbonyl (C=O) groups is 1. The molecule has 6 nitrogen and oxygen atoms in total. The van der Waals surface area contributed by atoms with E-state index in [2.05, 4.69) is 9.80 Å². The van der Waals surface area contributed by atoms with E-state index in [1.165, 1.54) is 6.07 Å². The second-order valence-electron chi connectivity index (χ2n) is 8.06. The summed E-state index contributed by atoms with van der Waals surface area (Å²) in [4.78, 5) is 19.8. The summed E-state index contributed by atoms with van der Waals surface area (Å²) in [5, 5.41) is 0. The van der Waals surface area contributed by atoms with Crippen LogP contribution in [-0.4, -0.2) is 75.2 Å². The van der Waals surface area contributed by atoms with Crippen molar-refractivity contribution in [2.75, 3.05) is 58.4 Å². The summed E-state index contributed by atoms with van der Waals surface area (Å²) in [6.45, 7) is 4.70. The molecular weight excluding hydrogens is 397 g/mol. The average Bonchev–Trinajstić information content (AvgIpc) is 2.83. The molecule has 1 atom stereocenters. The summed E-state index contributed by atoms with van der Waals surface area (Å²) < 4.78 is 25.0. The first-order valence-electron chi connectivity index (χ1n) is 10.9. The fourth-order valence-electron chi connectivity index (χ4n) is 4.69. The van der Waals surface area contributed by atoms with Gasteiger partial charge in [0.25, 0.3) is 5.91 Å². The van der Waals surface area contributed by atoms with Crippen LogP contribution in [0.15, 0.2) is 42.5 Å². The predicted molar refractivity (Wildman–Crippen MR) is 119 cm³/mol. The van der Waals surface area contributed by atoms with Crippen LogP contribution in [-0.2, 0) is 0 Å². The number of nitrogens with zero attached hydrogens (tertiary/aromatic N) is 3. The van der Waals surface area contributed by atoms with Crippen molar-refractivity contribution < 1.29 is 18.7 Å². The molecule has 0 spiro atoms. The first-order chi connectivity index (χ1) is 15.1. The van der Waals surface area contributed by atoms with Gasteiger partial charge in [0.2, 0.25) is 0 Å². The molecule has 2 aromatic rings. The smallest absolute Gasteiger partial charge is 0.261 e. The van der Waals surface area contributed by atoms with Crippen molar-refractivity contribution in [3.05, 3.63) is 53.8 Å². The number of rotatable bonds is 5. The largest absolute Gasteiger partial charge is 0.496 e. The lowest BCUT2D eigenvalue weighted by atomic mass is 10.0. The Balaban J connectivity index is 1.42. The van der Waals surface area contributed by atoms with Gasteiger partial charge in [-0.25, -0.2) is 4.39 Å². The molecule has 0 N–H and O–H groups in total. The summed E-state index contributed by atoms with van der Waals surface area (Å²) >= 11 is 0. The van der Waals surface area contributed by atoms with Crippen molar-refractivity contribution in [1.29, 1.82) is 0 Å². The van der Waals surface area contributed by atoms with Crippen molar-refractivity contribution in [1.82, 2.24) is 9.80 Å². The van der Waals surface area contributed by atoms with E-state index in [1.54, 1.807) is 32.4 Å². The van der Waals surface area contributed by atoms with E-state index < -0.39 is 0 Å². The zero-order valence-electron chi connectivity index (χ0n) is 18.2. The third-order valence-corrected chi connectivity index (χ3v) is 6.35. The van der Waals surface area contributed by atoms with Gasteiger partial charge in [-0.2, -0.15) is 0 Å². The Morgan fingerprint density at radius 2 is 1.61 bits per heavy atom. The van der Waals surface area contributed by atoms with Crippen LogP contribution in [0.5, 0.6) is 11.5 Å². The minimum Gasteiger partial charge on any atom is -0.496 e. The molecule has 2 aliphatic rings. The van der Waals surface area contributed by atoms with Gasteiger partial charge in [-0.1, -0.05) is 18.2 Å². The molecule has 0 saturated carbocycles. The Labute approximate surface area is 183 Å². The van der Waals surface area contributed by atoms with E-state index in [0.717, 1.165) is 45.6 Å². The highest BCUT2D eigenvalue weighted by molar-refractivity contribution is 5.99. The predicted octanol–water partition coefficient (Wildman–Crippen LogP) is 3.27. The Kier molecular flexibility index (Phi) is 6.61. The number of hydrogen-bond acceptors (Lipinski definition) is 5. The third kappa shape index (κ3) is 4.46. The van der Waals surface area contributed by atoms with Gasteiger partial charge in [-0.05, 0) is 37.1 Å². The second kappa shape index (κ2) is 9.56. The highest BCUT2D eigenvalue weighted by Crippen LogP contribution is 2.31. The van der Waals surface area contributed by atoms with E-state index in [0.29, 0.717) is 35.3 Å². The van der Waals surface area contributed by atoms with Crippen LogP contribution in [0.25, 0.3) is 0 Å². The monoisotopic (exact) mass is 427 g/mol. The number of piperazine rings is 1. The maximum absolute atomic E-state index is 14.1. The number of amides is 1. The average molecular weight is 428 g/mol. The Hall–Kier alpha value is -2.80. The van der Waals surface area contributed by atoms with Gasteiger partial charge in [0.1, 0.15) is 22.9 Å². The fourth-order valence-corrected chi connectivity index (χ4v) is 4.69. The molecule has 7 heteroatoms. The van der Waals surface area contributed by atoms with Crippen LogP contribution >= 0.6 is 0 Å². The molecule has 0 bridgehead atoms. The van der Waals surface area contributed by atoms with E-state index in [9.17, 15) is 9.18 Å². The minimum atomic E-state index is -0.170. The number of para-hydroxylation sites is 1. The van der Waals surface area contributed by atoms with Gasteiger partial charge in [0.05, 0.1) is 19.9 Å². The topological polar surface area (TPSA) is 45.3 Å². The Morgan fingerprint density at radius 1 is 0.935 bits per heavy atom. The first-order valence-corrected chi connectivity index (χ1v) is 10.9. The number of piperidine rings is 1. The van der Waals surface area contributed by atoms with Crippen LogP contribution in [0.3, 0.4) is 0 Å². The molecule has 0 radical (unpaired) electrons. The lowest BCUT2D eigenvalue weighted by Gasteiger charge is -2.44. The van der Waals surface area contributed by atoms with Crippen molar-refractivity contribution in [3.63, 3.8) is 0 Å². The van der Waals surface area contributed by atoms with Crippen LogP contribution < -0.4 is 14.4 Å². The van der Waals surface area contributed by atoms with Gasteiger partial charge < -0.3 is 19.3 Å². The summed E-state index contributed by atoms with van der Waals surface area (Å²) in [7, 11) is 3.14. The molecule has 0 unspecified atom stereocenters. The highest BCUT2D eigenvalue weighted by atomic mass is 19.1. The Morgan fingerprint density at radius 3 is 2.26 bits per heavy atom. The Bertz CT molecular complexity index is 892. The molecule has 166 valence electrons. The lowest BCUT2D eigenvalue weighted by Crippen LogP contribution is -2.56. The molecule has 0 aromatic heterocycles. The number of hydrogen-bond donors (Lipinski definition) is 0. The van der Waals surface area contributed by atoms with Crippen molar-refractivity contribution in [2.24, 2.45) is 0 Å². The number of methoxy groups -OCH3 is 2. The highest BCUT2D eigenvalue weighted by Gasteiger charge is 2.32. The minimum absolute atomic E-state index is 0.0519. The van der Waals surface area contributed by atoms with E-state index in [1.807, 2.05) is 23.1 Å². The maximum atomic E-state index is 14.1. The van der Waals surface area contributed by atoms with E-state index in [-0.39, 0.29) is 11.7 Å². The van der Waals surface area contributed by atoms with Gasteiger partial charge in [-0.15, -0.1) is 0 Å². The number of carbonyl (C=O) groups excluding carboxylic acids is 1. The number of anilines is 1. The summed E-state index contributed by atoms with van der Waals surface area (Å²) in [5.41, 5.74) is 1.16. The van der Waals surface area contributed by atoms with Gasteiger partial charge in [0, 0.05) is 45.3 Å². The SMILES string of the molecule is COc1cccc(OC)c1C(=O)N1CCC[C@@H](N2CCN(c3ccccc3F)CC2)C1. The standard InChI is InChI=1S/C24H30FN3O3/c1-30-21-10-5-11-22(31-2)23(21)24(29)28-12-6-7-18(17-28)26-13-15-27(16-14-26)20-9-4-3-8-19(20)25/h3-5,8-11,18H,6-7,12-17H2,1-2H3/t18-/m1/s1. The number of ether oxygens (including phenoxy) is 2. The second-order valence-corrected chi connectivity index (χ2v) is 8.06. The molecule has 2 saturated heterocycles. The fraction of sp³-hybridized carbons (Fsp3) is 0.458. The normalized spacial score (nSPS) is 19.9. The van der Waals surface area contributed by atoms with Gasteiger partial charge in [-0.3, -0.25) is 9.69 Å². The number of likely N-dealkylation sites (tertiary alicyclic amines) is 1. The van der Waals surface area contributed by atoms with Crippen molar-refractivity contribution in [3.8, 4) is 11.5 Å². The molecule has 2 aromatic carbocycles. The van der Waals surface area contributed by atoms with E-state index >= 15 is 0 Å². The van der Waals surface area contributed by atoms with Gasteiger partial charge >= 0.3 is 0 Å². The molecule has 4 rings (SSSR count). The molecule has 2 heterocycles. The molecule has 31 heavy (non-hydrogen) atoms. The summed E-state index contributed by atoms with van der Waals surface area (Å²) in [5.74, 6) is 0.843. The maximum Gasteiger partial charge on any atom is 0.261 e. The molecule has 0 aliphatic carbocycles. The molecule has 1 amide bonds. The van der Waals surface area contributed by atoms with Crippen molar-refractivity contribution >= 4 is 11.6 Å². The van der Waals surface area contributed by atoms with Crippen LogP contribution in [0, 0.1) is 5.82 Å². The zero-order valence-corrected chi connectivity index (χ0v) is 18.2. The van der Waals surface area contributed by atoms with Crippen LogP contribution in [0.1, 0.15) is 23.2 Å². The zero-order chi connectivity index (χ0) is 21.8. The van der Waals surface area contributed by atoms with Gasteiger partial charge in [0.15, 0.2) is 0 Å². The van der Waals surface area contributed by atoms with Crippen molar-refractivity contribution in [2.45, 2.75) is 18.9 Å². The molecule has 2 fully saturated rings. The summed E-state index contributed by atoms with van der Waals surface area (Å²) in [6.07, 6.45) is 2.02. The first kappa shape index (κ1) is 21.4. The number of halogens is 1.